The zero-order valence-corrected chi connectivity index (χ0v) is 5.94. The monoisotopic (exact) mass is 104 g/mol. The predicted molar refractivity (Wildman–Crippen MR) is 38.9 cm³/mol. The minimum atomic E-state index is 0. The van der Waals surface area contributed by atoms with E-state index in [2.05, 4.69) is 18.2 Å². The van der Waals surface area contributed by atoms with E-state index in [4.69, 9.17) is 0 Å². The van der Waals surface area contributed by atoms with Crippen LogP contribution >= 0.6 is 0 Å². The topological polar surface area (TPSA) is 0 Å². The Bertz CT molecular complexity index is 105. The zero-order chi connectivity index (χ0) is 4.41. The summed E-state index contributed by atoms with van der Waals surface area (Å²) in [6.45, 7) is 0. The molecule has 0 saturated carbocycles. The predicted octanol–water partition coefficient (Wildman–Crippen LogP) is -0.453. The van der Waals surface area contributed by atoms with E-state index in [1.807, 2.05) is 0 Å². The van der Waals surface area contributed by atoms with Gasteiger partial charge in [-0.1, -0.05) is 23.4 Å². The molecule has 1 aliphatic carbocycles. The third-order valence-corrected chi connectivity index (χ3v) is 1.70. The molecule has 0 N–H and O–H groups in total. The summed E-state index contributed by atoms with van der Waals surface area (Å²) in [7, 11) is 1.25. The first-order valence-electron chi connectivity index (χ1n) is 2.22. The first kappa shape index (κ1) is 7.29. The van der Waals surface area contributed by atoms with Gasteiger partial charge in [-0.15, -0.1) is 0 Å². The average Bonchev–Trinajstić information content (AvgIpc) is 1.86. The Balaban J connectivity index is 0.000000360. The molecule has 1 aliphatic rings. The van der Waals surface area contributed by atoms with Crippen LogP contribution in [-0.2, 0) is 0 Å². The molecule has 0 heterocycles. The van der Waals surface area contributed by atoms with Crippen LogP contribution in [0.2, 0.25) is 0 Å². The number of rotatable bonds is 0. The van der Waals surface area contributed by atoms with Gasteiger partial charge in [0.05, 0.1) is 0 Å². The van der Waals surface area contributed by atoms with Crippen LogP contribution in [0.3, 0.4) is 0 Å². The summed E-state index contributed by atoms with van der Waals surface area (Å²) in [5.41, 5.74) is 0. The maximum atomic E-state index is 2.20. The average molecular weight is 104 g/mol. The van der Waals surface area contributed by atoms with E-state index < -0.39 is 0 Å². The molecule has 1 rings (SSSR count). The Hall–Kier alpha value is 0.294. The molecule has 0 aromatic carbocycles. The minimum absolute atomic E-state index is 0. The summed E-state index contributed by atoms with van der Waals surface area (Å²) >= 11 is 0. The van der Waals surface area contributed by atoms with Crippen LogP contribution in [0, 0.1) is 0 Å². The number of allylic oxidation sites excluding steroid dienone is 4. The van der Waals surface area contributed by atoms with Crippen molar-refractivity contribution in [2.75, 3.05) is 0 Å². The van der Waals surface area contributed by atoms with E-state index in [0.29, 0.717) is 0 Å². The van der Waals surface area contributed by atoms with Gasteiger partial charge in [-0.3, -0.25) is 0 Å². The van der Waals surface area contributed by atoms with Crippen molar-refractivity contribution in [1.82, 2.24) is 0 Å². The molecule has 0 unspecified atom stereocenters. The second-order valence-corrected chi connectivity index (χ2v) is 2.93. The van der Waals surface area contributed by atoms with Crippen molar-refractivity contribution in [2.24, 2.45) is 0 Å². The van der Waals surface area contributed by atoms with Crippen LogP contribution in [0.1, 0.15) is 6.42 Å². The van der Waals surface area contributed by atoms with Gasteiger partial charge in [0.2, 0.25) is 0 Å². The maximum absolute atomic E-state index is 2.20. The maximum Gasteiger partial charge on any atom is 0.0337 e. The van der Waals surface area contributed by atoms with E-state index in [9.17, 15) is 0 Å². The van der Waals surface area contributed by atoms with Crippen molar-refractivity contribution < 1.29 is 0 Å². The fraction of sp³-hybridized carbons (Fsp3) is 0.200. The Morgan fingerprint density at radius 1 is 1.57 bits per heavy atom. The Kier molecular flexibility index (Phi) is 3.46. The van der Waals surface area contributed by atoms with E-state index in [1.54, 1.807) is 5.20 Å². The van der Waals surface area contributed by atoms with Crippen molar-refractivity contribution in [3.05, 3.63) is 23.4 Å². The molecule has 0 amide bonds. The smallest absolute Gasteiger partial charge is 0.0337 e. The number of hydrogen-bond donors (Lipinski definition) is 0. The second kappa shape index (κ2) is 3.32. The van der Waals surface area contributed by atoms with Gasteiger partial charge < -0.3 is 0 Å². The van der Waals surface area contributed by atoms with E-state index in [0.717, 1.165) is 0 Å². The normalized spacial score (nSPS) is 16.3. The van der Waals surface area contributed by atoms with Crippen LogP contribution < -0.4 is 0 Å². The van der Waals surface area contributed by atoms with Crippen LogP contribution in [0.5, 0.6) is 0 Å². The molecule has 2 heteroatoms. The standard InChI is InChI=1S/C5H8Si.Li.H/c6-5-3-1-2-4-5;;/h1-3H,4H2,6H3;;. The fourth-order valence-corrected chi connectivity index (χ4v) is 0.982. The van der Waals surface area contributed by atoms with Gasteiger partial charge in [0.1, 0.15) is 0 Å². The molecule has 0 bridgehead atoms. The second-order valence-electron chi connectivity index (χ2n) is 1.65. The fourth-order valence-electron chi connectivity index (χ4n) is 0.554. The van der Waals surface area contributed by atoms with Crippen LogP contribution in [0.15, 0.2) is 23.4 Å². The SMILES string of the molecule is [LiH].[SiH3]C1=CC=CC1. The Morgan fingerprint density at radius 3 is 2.43 bits per heavy atom. The number of hydrogen-bond acceptors (Lipinski definition) is 0. The molecule has 34 valence electrons. The molecule has 0 aromatic heterocycles. The first-order valence-corrected chi connectivity index (χ1v) is 3.22. The molecule has 7 heavy (non-hydrogen) atoms. The molecular weight excluding hydrogens is 95.1 g/mol. The minimum Gasteiger partial charge on any atom is -0.0881 e. The molecule has 0 fully saturated rings. The van der Waals surface area contributed by atoms with Crippen molar-refractivity contribution in [2.45, 2.75) is 6.42 Å². The van der Waals surface area contributed by atoms with Crippen LogP contribution in [0.25, 0.3) is 0 Å². The van der Waals surface area contributed by atoms with Crippen molar-refractivity contribution in [1.29, 1.82) is 0 Å². The van der Waals surface area contributed by atoms with Gasteiger partial charge in [-0.2, -0.15) is 0 Å². The summed E-state index contributed by atoms with van der Waals surface area (Å²) in [4.78, 5) is 0. The van der Waals surface area contributed by atoms with Gasteiger partial charge in [0.25, 0.3) is 0 Å². The molecule has 0 atom stereocenters. The molecule has 0 saturated heterocycles. The summed E-state index contributed by atoms with van der Waals surface area (Å²) in [6, 6.07) is 0. The van der Waals surface area contributed by atoms with E-state index in [1.165, 1.54) is 16.7 Å². The van der Waals surface area contributed by atoms with Gasteiger partial charge in [0, 0.05) is 10.2 Å². The van der Waals surface area contributed by atoms with E-state index in [-0.39, 0.29) is 18.9 Å². The summed E-state index contributed by atoms with van der Waals surface area (Å²) in [5.74, 6) is 0. The Labute approximate surface area is 59.3 Å². The van der Waals surface area contributed by atoms with Gasteiger partial charge in [0.15, 0.2) is 0 Å². The van der Waals surface area contributed by atoms with Crippen LogP contribution in [0.4, 0.5) is 0 Å². The van der Waals surface area contributed by atoms with Crippen molar-refractivity contribution in [3.8, 4) is 0 Å². The zero-order valence-electron chi connectivity index (χ0n) is 3.94. The molecule has 0 aliphatic heterocycles. The van der Waals surface area contributed by atoms with Gasteiger partial charge in [-0.25, -0.2) is 0 Å². The molecule has 0 aromatic rings. The summed E-state index contributed by atoms with van der Waals surface area (Å²) in [6.07, 6.45) is 7.75. The molecule has 0 nitrogen and oxygen atoms in total. The van der Waals surface area contributed by atoms with Crippen LogP contribution in [-0.4, -0.2) is 29.1 Å². The van der Waals surface area contributed by atoms with Crippen molar-refractivity contribution >= 4 is 29.1 Å². The summed E-state index contributed by atoms with van der Waals surface area (Å²) < 4.78 is 0. The third-order valence-electron chi connectivity index (χ3n) is 0.957. The first-order chi connectivity index (χ1) is 2.89. The van der Waals surface area contributed by atoms with Crippen molar-refractivity contribution in [3.63, 3.8) is 0 Å². The molecular formula is C5H9LiSi. The Morgan fingerprint density at radius 2 is 2.29 bits per heavy atom. The van der Waals surface area contributed by atoms with E-state index >= 15 is 0 Å². The molecule has 0 radical (unpaired) electrons. The molecule has 0 spiro atoms. The largest absolute Gasteiger partial charge is 0.0881 e. The van der Waals surface area contributed by atoms with Gasteiger partial charge in [-0.05, 0) is 6.42 Å². The quantitative estimate of drug-likeness (QED) is 0.365. The third kappa shape index (κ3) is 2.18. The summed E-state index contributed by atoms with van der Waals surface area (Å²) in [5, 5.41) is 1.61. The van der Waals surface area contributed by atoms with Gasteiger partial charge >= 0.3 is 18.9 Å².